The van der Waals surface area contributed by atoms with E-state index in [9.17, 15) is 9.59 Å². The van der Waals surface area contributed by atoms with E-state index in [1.165, 1.54) is 4.90 Å². The monoisotopic (exact) mass is 506 g/mol. The van der Waals surface area contributed by atoms with E-state index >= 15 is 0 Å². The summed E-state index contributed by atoms with van der Waals surface area (Å²) in [5.41, 5.74) is 6.55. The van der Waals surface area contributed by atoms with Crippen LogP contribution >= 0.6 is 24.0 Å². The van der Waals surface area contributed by atoms with Crippen molar-refractivity contribution in [2.45, 2.75) is 31.8 Å². The van der Waals surface area contributed by atoms with Crippen molar-refractivity contribution in [2.75, 3.05) is 10.2 Å². The van der Waals surface area contributed by atoms with Crippen LogP contribution < -0.4 is 21.3 Å². The standard InChI is InChI=1S/C20H22N6O2.HI/c1-20(14-7-8-14)17(27)26(19(28)25-20)15-9-5-13(6-10-15)12-23-18(21)24-16-4-2-3-11-22-16;/h2-6,9-11,14H,7-8,12H2,1H3,(H,25,28)(H3,21,22,23,24);1H. The molecule has 1 atom stereocenters. The summed E-state index contributed by atoms with van der Waals surface area (Å²) in [6, 6.07) is 12.3. The minimum atomic E-state index is -0.786. The topological polar surface area (TPSA) is 113 Å². The lowest BCUT2D eigenvalue weighted by molar-refractivity contribution is -0.122. The average Bonchev–Trinajstić information content (AvgIpc) is 3.51. The Labute approximate surface area is 186 Å². The largest absolute Gasteiger partial charge is 0.370 e. The molecule has 2 aromatic rings. The molecule has 0 bridgehead atoms. The number of nitrogens with two attached hydrogens (primary N) is 1. The van der Waals surface area contributed by atoms with Gasteiger partial charge in [0.2, 0.25) is 0 Å². The number of amides is 3. The summed E-state index contributed by atoms with van der Waals surface area (Å²) in [5.74, 6) is 0.931. The molecule has 1 aliphatic heterocycles. The van der Waals surface area contributed by atoms with Crippen LogP contribution in [0.5, 0.6) is 0 Å². The number of halogens is 1. The Morgan fingerprint density at radius 2 is 2.00 bits per heavy atom. The minimum Gasteiger partial charge on any atom is -0.370 e. The molecule has 2 heterocycles. The second-order valence-corrected chi connectivity index (χ2v) is 7.26. The predicted molar refractivity (Wildman–Crippen MR) is 122 cm³/mol. The summed E-state index contributed by atoms with van der Waals surface area (Å²) < 4.78 is 0. The summed E-state index contributed by atoms with van der Waals surface area (Å²) in [4.78, 5) is 34.8. The third-order valence-corrected chi connectivity index (χ3v) is 5.16. The molecule has 1 unspecified atom stereocenters. The van der Waals surface area contributed by atoms with E-state index < -0.39 is 5.54 Å². The van der Waals surface area contributed by atoms with Crippen LogP contribution in [0.1, 0.15) is 25.3 Å². The molecule has 2 aliphatic rings. The molecule has 1 aliphatic carbocycles. The summed E-state index contributed by atoms with van der Waals surface area (Å²) in [5, 5.41) is 5.77. The fourth-order valence-electron chi connectivity index (χ4n) is 3.36. The highest BCUT2D eigenvalue weighted by atomic mass is 127. The van der Waals surface area contributed by atoms with E-state index in [1.54, 1.807) is 24.4 Å². The number of nitrogens with one attached hydrogen (secondary N) is 2. The van der Waals surface area contributed by atoms with Gasteiger partial charge in [0.1, 0.15) is 11.4 Å². The Balaban J connectivity index is 0.00000240. The first-order chi connectivity index (χ1) is 13.5. The highest BCUT2D eigenvalue weighted by Crippen LogP contribution is 2.43. The number of rotatable bonds is 5. The fraction of sp³-hybridized carbons (Fsp3) is 0.300. The Morgan fingerprint density at radius 3 is 2.62 bits per heavy atom. The first kappa shape index (κ1) is 21.0. The number of imide groups is 1. The maximum atomic E-state index is 12.8. The normalized spacial score (nSPS) is 21.6. The number of carbonyl (C=O) groups is 2. The number of carbonyl (C=O) groups excluding carboxylic acids is 2. The Hall–Kier alpha value is -2.69. The van der Waals surface area contributed by atoms with Gasteiger partial charge in [-0.1, -0.05) is 18.2 Å². The summed E-state index contributed by atoms with van der Waals surface area (Å²) in [6.07, 6.45) is 3.61. The first-order valence-corrected chi connectivity index (χ1v) is 9.21. The maximum Gasteiger partial charge on any atom is 0.329 e. The van der Waals surface area contributed by atoms with E-state index in [1.807, 2.05) is 31.2 Å². The summed E-state index contributed by atoms with van der Waals surface area (Å²) >= 11 is 0. The molecule has 4 N–H and O–H groups in total. The molecule has 1 aromatic heterocycles. The summed E-state index contributed by atoms with van der Waals surface area (Å²) in [6.45, 7) is 2.18. The van der Waals surface area contributed by atoms with Gasteiger partial charge in [0.25, 0.3) is 5.91 Å². The van der Waals surface area contributed by atoms with Gasteiger partial charge in [0.05, 0.1) is 12.2 Å². The minimum absolute atomic E-state index is 0. The van der Waals surface area contributed by atoms with Gasteiger partial charge in [-0.15, -0.1) is 24.0 Å². The zero-order valence-corrected chi connectivity index (χ0v) is 18.3. The van der Waals surface area contributed by atoms with Crippen LogP contribution in [-0.4, -0.2) is 28.4 Å². The van der Waals surface area contributed by atoms with Gasteiger partial charge in [-0.05, 0) is 55.5 Å². The number of urea groups is 1. The van der Waals surface area contributed by atoms with Crippen LogP contribution in [0.25, 0.3) is 0 Å². The molecule has 2 fully saturated rings. The molecule has 4 rings (SSSR count). The molecule has 8 nitrogen and oxygen atoms in total. The molecular weight excluding hydrogens is 483 g/mol. The lowest BCUT2D eigenvalue weighted by atomic mass is 9.96. The van der Waals surface area contributed by atoms with Crippen LogP contribution in [0.3, 0.4) is 0 Å². The van der Waals surface area contributed by atoms with Gasteiger partial charge in [0.15, 0.2) is 5.96 Å². The van der Waals surface area contributed by atoms with Crippen molar-refractivity contribution in [1.29, 1.82) is 0 Å². The lowest BCUT2D eigenvalue weighted by Gasteiger charge is -2.21. The van der Waals surface area contributed by atoms with Gasteiger partial charge in [-0.2, -0.15) is 0 Å². The second-order valence-electron chi connectivity index (χ2n) is 7.26. The van der Waals surface area contributed by atoms with E-state index in [4.69, 9.17) is 5.73 Å². The first-order valence-electron chi connectivity index (χ1n) is 9.21. The molecule has 152 valence electrons. The molecular formula is C20H23IN6O2. The number of nitrogens with zero attached hydrogens (tertiary/aromatic N) is 3. The van der Waals surface area contributed by atoms with Crippen molar-refractivity contribution < 1.29 is 9.59 Å². The van der Waals surface area contributed by atoms with Crippen molar-refractivity contribution in [1.82, 2.24) is 10.3 Å². The van der Waals surface area contributed by atoms with Crippen LogP contribution in [0, 0.1) is 5.92 Å². The average molecular weight is 506 g/mol. The van der Waals surface area contributed by atoms with Crippen LogP contribution in [0.4, 0.5) is 16.3 Å². The van der Waals surface area contributed by atoms with E-state index in [2.05, 4.69) is 20.6 Å². The number of pyridine rings is 1. The fourth-order valence-corrected chi connectivity index (χ4v) is 3.36. The van der Waals surface area contributed by atoms with Crippen LogP contribution in [-0.2, 0) is 11.3 Å². The van der Waals surface area contributed by atoms with E-state index in [0.29, 0.717) is 18.1 Å². The third kappa shape index (κ3) is 4.34. The molecule has 1 saturated carbocycles. The molecule has 1 aromatic carbocycles. The van der Waals surface area contributed by atoms with Crippen molar-refractivity contribution in [3.05, 3.63) is 54.2 Å². The Kier molecular flexibility index (Phi) is 6.06. The zero-order chi connectivity index (χ0) is 19.7. The number of aliphatic imine (C=N–C) groups is 1. The Bertz CT molecular complexity index is 930. The highest BCUT2D eigenvalue weighted by molar-refractivity contribution is 14.0. The molecule has 3 amide bonds. The maximum absolute atomic E-state index is 12.8. The van der Waals surface area contributed by atoms with Gasteiger partial charge in [-0.25, -0.2) is 19.7 Å². The van der Waals surface area contributed by atoms with Crippen molar-refractivity contribution >= 4 is 53.4 Å². The molecule has 0 spiro atoms. The smallest absolute Gasteiger partial charge is 0.329 e. The lowest BCUT2D eigenvalue weighted by Crippen LogP contribution is -2.46. The van der Waals surface area contributed by atoms with Gasteiger partial charge >= 0.3 is 6.03 Å². The van der Waals surface area contributed by atoms with Gasteiger partial charge in [-0.3, -0.25) is 4.79 Å². The van der Waals surface area contributed by atoms with Gasteiger partial charge < -0.3 is 16.4 Å². The SMILES string of the molecule is CC1(C2CC2)NC(=O)N(c2ccc(CN=C(N)Nc3ccccn3)cc2)C1=O.I. The number of hydrogen-bond acceptors (Lipinski definition) is 4. The van der Waals surface area contributed by atoms with Gasteiger partial charge in [0, 0.05) is 6.20 Å². The van der Waals surface area contributed by atoms with Crippen LogP contribution in [0.2, 0.25) is 0 Å². The molecule has 1 saturated heterocycles. The third-order valence-electron chi connectivity index (χ3n) is 5.16. The Morgan fingerprint density at radius 1 is 1.28 bits per heavy atom. The molecule has 29 heavy (non-hydrogen) atoms. The van der Waals surface area contributed by atoms with Crippen molar-refractivity contribution in [2.24, 2.45) is 16.6 Å². The van der Waals surface area contributed by atoms with E-state index in [0.717, 1.165) is 18.4 Å². The van der Waals surface area contributed by atoms with Crippen molar-refractivity contribution in [3.63, 3.8) is 0 Å². The zero-order valence-electron chi connectivity index (χ0n) is 16.0. The van der Waals surface area contributed by atoms with E-state index in [-0.39, 0.29) is 47.8 Å². The molecule has 9 heteroatoms. The molecule has 0 radical (unpaired) electrons. The second kappa shape index (κ2) is 8.36. The number of hydrogen-bond donors (Lipinski definition) is 3. The summed E-state index contributed by atoms with van der Waals surface area (Å²) in [7, 11) is 0. The number of guanidine groups is 1. The predicted octanol–water partition coefficient (Wildman–Crippen LogP) is 2.85. The number of benzene rings is 1. The van der Waals surface area contributed by atoms with Crippen LogP contribution in [0.15, 0.2) is 53.7 Å². The quantitative estimate of drug-likeness (QED) is 0.250. The number of anilines is 2. The van der Waals surface area contributed by atoms with Crippen molar-refractivity contribution in [3.8, 4) is 0 Å². The highest BCUT2D eigenvalue weighted by Gasteiger charge is 2.56. The number of aromatic nitrogens is 1.